The van der Waals surface area contributed by atoms with Crippen molar-refractivity contribution >= 4 is 34.3 Å². The van der Waals surface area contributed by atoms with Crippen LogP contribution in [0.1, 0.15) is 11.5 Å². The molecule has 32 heavy (non-hydrogen) atoms. The van der Waals surface area contributed by atoms with Gasteiger partial charge in [0.05, 0.1) is 22.3 Å². The van der Waals surface area contributed by atoms with Crippen molar-refractivity contribution in [2.75, 3.05) is 0 Å². The summed E-state index contributed by atoms with van der Waals surface area (Å²) >= 11 is 7.70. The number of rotatable bonds is 5. The van der Waals surface area contributed by atoms with Gasteiger partial charge in [-0.1, -0.05) is 59.8 Å². The van der Waals surface area contributed by atoms with Crippen molar-refractivity contribution in [1.29, 1.82) is 0 Å². The molecule has 0 aliphatic carbocycles. The molecule has 5 rings (SSSR count). The first-order valence-corrected chi connectivity index (χ1v) is 11.3. The predicted octanol–water partition coefficient (Wildman–Crippen LogP) is 5.69. The van der Waals surface area contributed by atoms with Gasteiger partial charge in [0, 0.05) is 10.6 Å². The fraction of sp³-hybridized carbons (Fsp3) is 0.0833. The van der Waals surface area contributed by atoms with Gasteiger partial charge in [0.25, 0.3) is 5.56 Å². The predicted molar refractivity (Wildman–Crippen MR) is 126 cm³/mol. The molecule has 2 heterocycles. The second kappa shape index (κ2) is 8.61. The minimum absolute atomic E-state index is 0.154. The summed E-state index contributed by atoms with van der Waals surface area (Å²) in [5.41, 5.74) is 2.83. The number of para-hydroxylation sites is 1. The van der Waals surface area contributed by atoms with E-state index in [9.17, 15) is 4.79 Å². The second-order valence-electron chi connectivity index (χ2n) is 7.09. The summed E-state index contributed by atoms with van der Waals surface area (Å²) in [6, 6.07) is 22.4. The van der Waals surface area contributed by atoms with E-state index in [0.29, 0.717) is 44.3 Å². The highest BCUT2D eigenvalue weighted by Gasteiger charge is 2.17. The van der Waals surface area contributed by atoms with Gasteiger partial charge in [-0.3, -0.25) is 9.36 Å². The van der Waals surface area contributed by atoms with Gasteiger partial charge >= 0.3 is 0 Å². The third-order valence-corrected chi connectivity index (χ3v) is 6.37. The zero-order valence-electron chi connectivity index (χ0n) is 17.0. The third-order valence-electron chi connectivity index (χ3n) is 5.04. The molecule has 0 N–H and O–H groups in total. The Labute approximate surface area is 192 Å². The van der Waals surface area contributed by atoms with Crippen molar-refractivity contribution in [3.63, 3.8) is 0 Å². The Bertz CT molecular complexity index is 1480. The average Bonchev–Trinajstić information content (AvgIpc) is 3.30. The molecule has 0 bridgehead atoms. The van der Waals surface area contributed by atoms with Crippen LogP contribution in [0.4, 0.5) is 0 Å². The maximum absolute atomic E-state index is 13.4. The van der Waals surface area contributed by atoms with Crippen molar-refractivity contribution in [2.45, 2.75) is 17.8 Å². The van der Waals surface area contributed by atoms with Crippen LogP contribution in [0.3, 0.4) is 0 Å². The van der Waals surface area contributed by atoms with Gasteiger partial charge in [-0.2, -0.15) is 0 Å². The van der Waals surface area contributed by atoms with Gasteiger partial charge in [0.15, 0.2) is 5.16 Å². The summed E-state index contributed by atoms with van der Waals surface area (Å²) in [5.74, 6) is 1.27. The van der Waals surface area contributed by atoms with Gasteiger partial charge in [0.1, 0.15) is 0 Å². The van der Waals surface area contributed by atoms with Crippen LogP contribution in [-0.2, 0) is 5.75 Å². The smallest absolute Gasteiger partial charge is 0.266 e. The highest BCUT2D eigenvalue weighted by atomic mass is 35.5. The summed E-state index contributed by atoms with van der Waals surface area (Å²) in [4.78, 5) is 18.2. The first kappa shape index (κ1) is 20.5. The molecule has 0 aliphatic rings. The van der Waals surface area contributed by atoms with Crippen LogP contribution in [0.5, 0.6) is 0 Å². The second-order valence-corrected chi connectivity index (χ2v) is 8.44. The topological polar surface area (TPSA) is 73.8 Å². The Morgan fingerprint density at radius 2 is 1.75 bits per heavy atom. The first-order valence-electron chi connectivity index (χ1n) is 9.90. The van der Waals surface area contributed by atoms with E-state index in [1.807, 2.05) is 67.6 Å². The zero-order chi connectivity index (χ0) is 22.1. The van der Waals surface area contributed by atoms with E-state index in [-0.39, 0.29) is 5.56 Å². The standard InChI is InChI=1S/C24H17ClN4O2S/c1-15-18(25)11-7-13-20(15)29-23(30)17-10-5-6-12-19(17)26-24(29)32-14-21-27-28-22(31-21)16-8-3-2-4-9-16/h2-13H,14H2,1H3. The number of fused-ring (bicyclic) bond motifs is 1. The van der Waals surface area contributed by atoms with Crippen molar-refractivity contribution in [1.82, 2.24) is 19.7 Å². The van der Waals surface area contributed by atoms with Gasteiger partial charge in [0.2, 0.25) is 11.8 Å². The highest BCUT2D eigenvalue weighted by Crippen LogP contribution is 2.28. The minimum atomic E-state index is -0.154. The molecule has 2 aromatic heterocycles. The molecule has 0 aliphatic heterocycles. The summed E-state index contributed by atoms with van der Waals surface area (Å²) in [6.07, 6.45) is 0. The molecule has 3 aromatic carbocycles. The van der Waals surface area contributed by atoms with Crippen molar-refractivity contribution in [3.8, 4) is 17.1 Å². The Morgan fingerprint density at radius 3 is 2.59 bits per heavy atom. The van der Waals surface area contributed by atoms with Gasteiger partial charge in [-0.05, 0) is 48.9 Å². The highest BCUT2D eigenvalue weighted by molar-refractivity contribution is 7.98. The fourth-order valence-corrected chi connectivity index (χ4v) is 4.41. The van der Waals surface area contributed by atoms with Crippen molar-refractivity contribution in [3.05, 3.63) is 99.6 Å². The van der Waals surface area contributed by atoms with Crippen LogP contribution in [-0.4, -0.2) is 19.7 Å². The largest absolute Gasteiger partial charge is 0.420 e. The SMILES string of the molecule is Cc1c(Cl)cccc1-n1c(SCc2nnc(-c3ccccc3)o2)nc2ccccc2c1=O. The Balaban J connectivity index is 1.56. The van der Waals surface area contributed by atoms with Crippen LogP contribution in [0, 0.1) is 6.92 Å². The minimum Gasteiger partial charge on any atom is -0.420 e. The molecule has 0 atom stereocenters. The number of benzene rings is 3. The average molecular weight is 461 g/mol. The van der Waals surface area contributed by atoms with Crippen LogP contribution in [0.2, 0.25) is 5.02 Å². The molecule has 0 spiro atoms. The fourth-order valence-electron chi connectivity index (χ4n) is 3.40. The quantitative estimate of drug-likeness (QED) is 0.248. The number of hydrogen-bond acceptors (Lipinski definition) is 6. The van der Waals surface area contributed by atoms with Gasteiger partial charge in [-0.15, -0.1) is 10.2 Å². The molecule has 0 saturated heterocycles. The Morgan fingerprint density at radius 1 is 0.969 bits per heavy atom. The molecule has 0 unspecified atom stereocenters. The number of halogens is 1. The number of nitrogens with zero attached hydrogens (tertiary/aromatic N) is 4. The van der Waals surface area contributed by atoms with Crippen molar-refractivity contribution < 1.29 is 4.42 Å². The maximum Gasteiger partial charge on any atom is 0.266 e. The lowest BCUT2D eigenvalue weighted by molar-refractivity contribution is 0.528. The lowest BCUT2D eigenvalue weighted by atomic mass is 10.2. The molecule has 158 valence electrons. The summed E-state index contributed by atoms with van der Waals surface area (Å²) in [5, 5.41) is 9.94. The molecular weight excluding hydrogens is 444 g/mol. The van der Waals surface area contributed by atoms with E-state index in [2.05, 4.69) is 10.2 Å². The lowest BCUT2D eigenvalue weighted by Crippen LogP contribution is -2.22. The van der Waals surface area contributed by atoms with Gasteiger partial charge < -0.3 is 4.42 Å². The van der Waals surface area contributed by atoms with Crippen LogP contribution in [0.25, 0.3) is 28.0 Å². The molecule has 0 amide bonds. The number of hydrogen-bond donors (Lipinski definition) is 0. The zero-order valence-corrected chi connectivity index (χ0v) is 18.6. The number of thioether (sulfide) groups is 1. The van der Waals surface area contributed by atoms with Crippen molar-refractivity contribution in [2.24, 2.45) is 0 Å². The van der Waals surface area contributed by atoms with E-state index < -0.39 is 0 Å². The molecule has 0 saturated carbocycles. The molecule has 0 fully saturated rings. The molecule has 6 nitrogen and oxygen atoms in total. The third kappa shape index (κ3) is 3.81. The Hall–Kier alpha value is -3.42. The van der Waals surface area contributed by atoms with Crippen LogP contribution in [0.15, 0.2) is 87.2 Å². The summed E-state index contributed by atoms with van der Waals surface area (Å²) < 4.78 is 7.42. The Kier molecular flexibility index (Phi) is 5.51. The number of aromatic nitrogens is 4. The monoisotopic (exact) mass is 460 g/mol. The molecular formula is C24H17ClN4O2S. The summed E-state index contributed by atoms with van der Waals surface area (Å²) in [6.45, 7) is 1.89. The van der Waals surface area contributed by atoms with Crippen LogP contribution < -0.4 is 5.56 Å². The lowest BCUT2D eigenvalue weighted by Gasteiger charge is -2.15. The molecule has 8 heteroatoms. The van der Waals surface area contributed by atoms with Gasteiger partial charge in [-0.25, -0.2) is 4.98 Å². The van der Waals surface area contributed by atoms with E-state index in [1.54, 1.807) is 16.7 Å². The van der Waals surface area contributed by atoms with E-state index in [4.69, 9.17) is 21.0 Å². The van der Waals surface area contributed by atoms with E-state index in [0.717, 1.165) is 11.1 Å². The van der Waals surface area contributed by atoms with Crippen LogP contribution >= 0.6 is 23.4 Å². The first-order chi connectivity index (χ1) is 15.6. The van der Waals surface area contributed by atoms with E-state index in [1.165, 1.54) is 11.8 Å². The molecule has 5 aromatic rings. The summed E-state index contributed by atoms with van der Waals surface area (Å²) in [7, 11) is 0. The van der Waals surface area contributed by atoms with E-state index >= 15 is 0 Å². The normalized spacial score (nSPS) is 11.2. The molecule has 0 radical (unpaired) electrons. The maximum atomic E-state index is 13.4.